The molecule has 0 radical (unpaired) electrons. The molecule has 2 amide bonds. The Balaban J connectivity index is 1.41. The third-order valence-corrected chi connectivity index (χ3v) is 5.39. The van der Waals surface area contributed by atoms with Crippen molar-refractivity contribution in [2.75, 3.05) is 19.6 Å². The van der Waals surface area contributed by atoms with E-state index in [0.717, 1.165) is 50.3 Å². The minimum atomic E-state index is 0.108. The molecule has 0 aliphatic carbocycles. The maximum atomic E-state index is 12.3. The summed E-state index contributed by atoms with van der Waals surface area (Å²) in [6, 6.07) is 7.81. The van der Waals surface area contributed by atoms with Crippen molar-refractivity contribution in [3.8, 4) is 0 Å². The summed E-state index contributed by atoms with van der Waals surface area (Å²) in [4.78, 5) is 25.7. The molecule has 23 heavy (non-hydrogen) atoms. The predicted molar refractivity (Wildman–Crippen MR) is 90.3 cm³/mol. The van der Waals surface area contributed by atoms with E-state index in [2.05, 4.69) is 5.32 Å². The van der Waals surface area contributed by atoms with E-state index >= 15 is 0 Å². The first kappa shape index (κ1) is 16.3. The molecule has 1 aromatic carbocycles. The van der Waals surface area contributed by atoms with E-state index in [1.807, 2.05) is 29.2 Å². The van der Waals surface area contributed by atoms with Crippen LogP contribution < -0.4 is 5.32 Å². The van der Waals surface area contributed by atoms with Gasteiger partial charge >= 0.3 is 0 Å². The summed E-state index contributed by atoms with van der Waals surface area (Å²) in [5.74, 6) is 0.402. The van der Waals surface area contributed by atoms with Crippen molar-refractivity contribution in [3.63, 3.8) is 0 Å². The van der Waals surface area contributed by atoms with Crippen molar-refractivity contribution >= 4 is 23.4 Å². The first-order valence-electron chi connectivity index (χ1n) is 8.35. The Labute approximate surface area is 142 Å². The highest BCUT2D eigenvalue weighted by Crippen LogP contribution is 2.37. The van der Waals surface area contributed by atoms with Gasteiger partial charge in [0.2, 0.25) is 11.8 Å². The Bertz CT molecular complexity index is 577. The summed E-state index contributed by atoms with van der Waals surface area (Å²) in [6.45, 7) is 2.36. The zero-order chi connectivity index (χ0) is 16.3. The number of amides is 2. The molecule has 2 saturated heterocycles. The van der Waals surface area contributed by atoms with Crippen LogP contribution >= 0.6 is 11.6 Å². The average molecular weight is 335 g/mol. The lowest BCUT2D eigenvalue weighted by Crippen LogP contribution is -2.44. The molecule has 2 aliphatic heterocycles. The second kappa shape index (κ2) is 6.91. The van der Waals surface area contributed by atoms with Crippen LogP contribution in [0.15, 0.2) is 24.3 Å². The van der Waals surface area contributed by atoms with E-state index in [0.29, 0.717) is 12.8 Å². The van der Waals surface area contributed by atoms with Gasteiger partial charge in [-0.15, -0.1) is 0 Å². The molecule has 0 atom stereocenters. The van der Waals surface area contributed by atoms with Crippen molar-refractivity contribution in [1.29, 1.82) is 0 Å². The third-order valence-electron chi connectivity index (χ3n) is 5.14. The lowest BCUT2D eigenvalue weighted by atomic mass is 9.77. The van der Waals surface area contributed by atoms with E-state index in [4.69, 9.17) is 11.6 Å². The molecule has 1 spiro atoms. The van der Waals surface area contributed by atoms with Crippen molar-refractivity contribution < 1.29 is 9.59 Å². The van der Waals surface area contributed by atoms with Gasteiger partial charge in [0.25, 0.3) is 0 Å². The molecular formula is C18H23ClN2O2. The number of aryl methyl sites for hydroxylation is 1. The molecule has 0 saturated carbocycles. The first-order valence-corrected chi connectivity index (χ1v) is 8.73. The van der Waals surface area contributed by atoms with Gasteiger partial charge in [-0.2, -0.15) is 0 Å². The Morgan fingerprint density at radius 2 is 1.91 bits per heavy atom. The average Bonchev–Trinajstić information content (AvgIpc) is 2.90. The number of benzene rings is 1. The number of nitrogens with one attached hydrogen (secondary N) is 1. The number of carbonyl (C=O) groups excluding carboxylic acids is 2. The maximum absolute atomic E-state index is 12.3. The van der Waals surface area contributed by atoms with Gasteiger partial charge in [-0.05, 0) is 48.8 Å². The Morgan fingerprint density at radius 3 is 2.52 bits per heavy atom. The van der Waals surface area contributed by atoms with Gasteiger partial charge in [-0.3, -0.25) is 9.59 Å². The molecule has 0 bridgehead atoms. The molecule has 5 heteroatoms. The van der Waals surface area contributed by atoms with E-state index < -0.39 is 0 Å². The van der Waals surface area contributed by atoms with Gasteiger partial charge in [-0.25, -0.2) is 0 Å². The molecule has 1 N–H and O–H groups in total. The lowest BCUT2D eigenvalue weighted by molar-refractivity contribution is -0.133. The quantitative estimate of drug-likeness (QED) is 0.920. The second-order valence-corrected chi connectivity index (χ2v) is 7.25. The number of carbonyl (C=O) groups is 2. The topological polar surface area (TPSA) is 49.4 Å². The van der Waals surface area contributed by atoms with Crippen LogP contribution in [0.1, 0.15) is 37.7 Å². The minimum Gasteiger partial charge on any atom is -0.356 e. The van der Waals surface area contributed by atoms with Crippen LogP contribution in [0.25, 0.3) is 0 Å². The molecular weight excluding hydrogens is 312 g/mol. The minimum absolute atomic E-state index is 0.108. The Kier molecular flexibility index (Phi) is 4.90. The number of piperidine rings is 1. The van der Waals surface area contributed by atoms with Crippen molar-refractivity contribution in [2.24, 2.45) is 5.41 Å². The van der Waals surface area contributed by atoms with E-state index in [1.54, 1.807) is 0 Å². The highest BCUT2D eigenvalue weighted by atomic mass is 35.5. The molecule has 1 aromatic rings. The van der Waals surface area contributed by atoms with Gasteiger partial charge in [-0.1, -0.05) is 23.7 Å². The van der Waals surface area contributed by atoms with Gasteiger partial charge in [0.15, 0.2) is 0 Å². The summed E-state index contributed by atoms with van der Waals surface area (Å²) in [5.41, 5.74) is 1.33. The Hall–Kier alpha value is -1.55. The van der Waals surface area contributed by atoms with Gasteiger partial charge in [0, 0.05) is 37.5 Å². The number of likely N-dealkylation sites (tertiary alicyclic amines) is 1. The highest BCUT2D eigenvalue weighted by molar-refractivity contribution is 6.30. The first-order chi connectivity index (χ1) is 11.1. The summed E-state index contributed by atoms with van der Waals surface area (Å²) in [7, 11) is 0. The van der Waals surface area contributed by atoms with Crippen LogP contribution in [-0.4, -0.2) is 36.3 Å². The molecule has 2 fully saturated rings. The highest BCUT2D eigenvalue weighted by Gasteiger charge is 2.41. The smallest absolute Gasteiger partial charge is 0.222 e. The normalized spacial score (nSPS) is 19.9. The zero-order valence-electron chi connectivity index (χ0n) is 13.3. The van der Waals surface area contributed by atoms with Crippen LogP contribution in [0.2, 0.25) is 5.02 Å². The summed E-state index contributed by atoms with van der Waals surface area (Å²) in [5, 5.41) is 3.67. The molecule has 2 aliphatic rings. The fourth-order valence-corrected chi connectivity index (χ4v) is 3.71. The van der Waals surface area contributed by atoms with Crippen molar-refractivity contribution in [3.05, 3.63) is 34.9 Å². The van der Waals surface area contributed by atoms with E-state index in [9.17, 15) is 9.59 Å². The molecule has 124 valence electrons. The summed E-state index contributed by atoms with van der Waals surface area (Å²) in [6.07, 6.45) is 4.86. The molecule has 0 aromatic heterocycles. The van der Waals surface area contributed by atoms with Crippen molar-refractivity contribution in [1.82, 2.24) is 10.2 Å². The van der Waals surface area contributed by atoms with Gasteiger partial charge < -0.3 is 10.2 Å². The van der Waals surface area contributed by atoms with Crippen LogP contribution in [0.3, 0.4) is 0 Å². The Morgan fingerprint density at radius 1 is 1.22 bits per heavy atom. The third kappa shape index (κ3) is 4.05. The van der Waals surface area contributed by atoms with Crippen LogP contribution in [-0.2, 0) is 16.0 Å². The van der Waals surface area contributed by atoms with Gasteiger partial charge in [0.1, 0.15) is 0 Å². The zero-order valence-corrected chi connectivity index (χ0v) is 14.1. The van der Waals surface area contributed by atoms with Gasteiger partial charge in [0.05, 0.1) is 0 Å². The maximum Gasteiger partial charge on any atom is 0.222 e. The molecule has 2 heterocycles. The predicted octanol–water partition coefficient (Wildman–Crippen LogP) is 2.79. The fourth-order valence-electron chi connectivity index (χ4n) is 3.59. The van der Waals surface area contributed by atoms with Crippen LogP contribution in [0.5, 0.6) is 0 Å². The number of rotatable bonds is 4. The van der Waals surface area contributed by atoms with Crippen molar-refractivity contribution in [2.45, 2.75) is 38.5 Å². The van der Waals surface area contributed by atoms with E-state index in [1.165, 1.54) is 5.56 Å². The number of hydrogen-bond donors (Lipinski definition) is 1. The number of nitrogens with zero attached hydrogens (tertiary/aromatic N) is 1. The largest absolute Gasteiger partial charge is 0.356 e. The van der Waals surface area contributed by atoms with E-state index in [-0.39, 0.29) is 17.2 Å². The monoisotopic (exact) mass is 334 g/mol. The van der Waals surface area contributed by atoms with Crippen LogP contribution in [0.4, 0.5) is 0 Å². The second-order valence-electron chi connectivity index (χ2n) is 6.81. The molecule has 4 nitrogen and oxygen atoms in total. The molecule has 0 unspecified atom stereocenters. The lowest BCUT2D eigenvalue weighted by Gasteiger charge is -2.38. The standard InChI is InChI=1S/C18H23ClN2O2/c19-15-6-4-14(5-7-15)2-1-3-17(23)21-10-8-18(9-11-21)12-16(22)20-13-18/h4-7H,1-3,8-13H2,(H,20,22). The van der Waals surface area contributed by atoms with Crippen LogP contribution in [0, 0.1) is 5.41 Å². The number of halogens is 1. The fraction of sp³-hybridized carbons (Fsp3) is 0.556. The molecule has 3 rings (SSSR count). The summed E-state index contributed by atoms with van der Waals surface area (Å²) < 4.78 is 0. The summed E-state index contributed by atoms with van der Waals surface area (Å²) >= 11 is 5.87. The SMILES string of the molecule is O=C1CC2(CCN(C(=O)CCCc3ccc(Cl)cc3)CC2)CN1. The number of hydrogen-bond acceptors (Lipinski definition) is 2.